The Morgan fingerprint density at radius 1 is 1.50 bits per heavy atom. The number of carbonyl (C=O) groups excluding carboxylic acids is 1. The molecule has 0 aromatic heterocycles. The summed E-state index contributed by atoms with van der Waals surface area (Å²) in [6, 6.07) is 0.0149. The number of ether oxygens (including phenoxy) is 1. The predicted molar refractivity (Wildman–Crippen MR) is 68.2 cm³/mol. The maximum atomic E-state index is 12.8. The van der Waals surface area contributed by atoms with Gasteiger partial charge < -0.3 is 20.1 Å². The van der Waals surface area contributed by atoms with Gasteiger partial charge in [0.25, 0.3) is 0 Å². The van der Waals surface area contributed by atoms with Crippen LogP contribution >= 0.6 is 0 Å². The average molecular weight is 256 g/mol. The molecule has 2 rings (SSSR count). The highest BCUT2D eigenvalue weighted by Gasteiger charge is 2.44. The van der Waals surface area contributed by atoms with Gasteiger partial charge in [-0.3, -0.25) is 4.79 Å². The molecule has 104 valence electrons. The minimum atomic E-state index is -0.377. The summed E-state index contributed by atoms with van der Waals surface area (Å²) in [5.74, 6) is 0.183. The number of nitrogens with one attached hydrogen (secondary N) is 1. The highest BCUT2D eigenvalue weighted by Crippen LogP contribution is 2.34. The Bertz CT molecular complexity index is 284. The number of piperidine rings is 1. The quantitative estimate of drug-likeness (QED) is 0.742. The Balaban J connectivity index is 2.12. The predicted octanol–water partition coefficient (Wildman–Crippen LogP) is -0.0141. The van der Waals surface area contributed by atoms with Gasteiger partial charge in [-0.15, -0.1) is 0 Å². The summed E-state index contributed by atoms with van der Waals surface area (Å²) in [6.07, 6.45) is 3.57. The first kappa shape index (κ1) is 13.8. The first-order valence-corrected chi connectivity index (χ1v) is 6.85. The van der Waals surface area contributed by atoms with E-state index in [4.69, 9.17) is 4.74 Å². The first-order chi connectivity index (χ1) is 8.73. The van der Waals surface area contributed by atoms with Crippen LogP contribution in [0.4, 0.5) is 0 Å². The van der Waals surface area contributed by atoms with E-state index in [-0.39, 0.29) is 24.0 Å². The van der Waals surface area contributed by atoms with E-state index in [0.717, 1.165) is 45.3 Å². The monoisotopic (exact) mass is 256 g/mol. The maximum Gasteiger partial charge on any atom is 0.231 e. The third kappa shape index (κ3) is 2.53. The molecule has 0 radical (unpaired) electrons. The summed E-state index contributed by atoms with van der Waals surface area (Å²) in [5, 5.41) is 12.7. The fraction of sp³-hybridized carbons (Fsp3) is 0.923. The van der Waals surface area contributed by atoms with Crippen molar-refractivity contribution in [3.63, 3.8) is 0 Å². The maximum absolute atomic E-state index is 12.8. The van der Waals surface area contributed by atoms with E-state index in [1.54, 1.807) is 7.11 Å². The normalized spacial score (nSPS) is 27.4. The van der Waals surface area contributed by atoms with Crippen molar-refractivity contribution in [2.24, 2.45) is 5.41 Å². The number of aliphatic hydroxyl groups excluding tert-OH is 1. The molecule has 0 bridgehead atoms. The zero-order chi connectivity index (χ0) is 13.0. The van der Waals surface area contributed by atoms with Crippen LogP contribution in [0.3, 0.4) is 0 Å². The van der Waals surface area contributed by atoms with E-state index in [1.807, 2.05) is 4.90 Å². The average Bonchev–Trinajstić information content (AvgIpc) is 2.87. The molecule has 1 amide bonds. The second kappa shape index (κ2) is 5.99. The molecule has 2 N–H and O–H groups in total. The molecule has 18 heavy (non-hydrogen) atoms. The number of hydrogen-bond acceptors (Lipinski definition) is 4. The second-order valence-corrected chi connectivity index (χ2v) is 5.44. The molecule has 0 spiro atoms. The van der Waals surface area contributed by atoms with Gasteiger partial charge in [-0.05, 0) is 38.8 Å². The van der Waals surface area contributed by atoms with Crippen molar-refractivity contribution in [3.05, 3.63) is 0 Å². The number of nitrogens with zero attached hydrogens (tertiary/aromatic N) is 1. The summed E-state index contributed by atoms with van der Waals surface area (Å²) < 4.78 is 5.30. The summed E-state index contributed by atoms with van der Waals surface area (Å²) in [7, 11) is 1.66. The smallest absolute Gasteiger partial charge is 0.231 e. The number of hydrogen-bond donors (Lipinski definition) is 2. The molecule has 0 aromatic carbocycles. The van der Waals surface area contributed by atoms with E-state index >= 15 is 0 Å². The van der Waals surface area contributed by atoms with Crippen molar-refractivity contribution in [2.75, 3.05) is 40.0 Å². The molecule has 0 saturated carbocycles. The fourth-order valence-corrected chi connectivity index (χ4v) is 3.20. The summed E-state index contributed by atoms with van der Waals surface area (Å²) in [5.41, 5.74) is -0.377. The van der Waals surface area contributed by atoms with Gasteiger partial charge >= 0.3 is 0 Å². The fourth-order valence-electron chi connectivity index (χ4n) is 3.20. The number of methoxy groups -OCH3 is 1. The van der Waals surface area contributed by atoms with E-state index in [9.17, 15) is 9.90 Å². The second-order valence-electron chi connectivity index (χ2n) is 5.44. The molecular weight excluding hydrogens is 232 g/mol. The van der Waals surface area contributed by atoms with Gasteiger partial charge in [-0.25, -0.2) is 0 Å². The molecule has 5 nitrogen and oxygen atoms in total. The van der Waals surface area contributed by atoms with Crippen LogP contribution in [0.5, 0.6) is 0 Å². The van der Waals surface area contributed by atoms with Crippen LogP contribution in [-0.4, -0.2) is 61.9 Å². The third-order valence-corrected chi connectivity index (χ3v) is 4.28. The molecule has 0 unspecified atom stereocenters. The van der Waals surface area contributed by atoms with Gasteiger partial charge in [0.15, 0.2) is 0 Å². The lowest BCUT2D eigenvalue weighted by atomic mass is 9.78. The van der Waals surface area contributed by atoms with Gasteiger partial charge in [0, 0.05) is 13.7 Å². The van der Waals surface area contributed by atoms with Gasteiger partial charge in [0.2, 0.25) is 5.91 Å². The molecule has 2 saturated heterocycles. The third-order valence-electron chi connectivity index (χ3n) is 4.28. The molecule has 0 aromatic rings. The summed E-state index contributed by atoms with van der Waals surface area (Å²) in [4.78, 5) is 14.7. The minimum absolute atomic E-state index is 0.0149. The lowest BCUT2D eigenvalue weighted by molar-refractivity contribution is -0.149. The van der Waals surface area contributed by atoms with Crippen LogP contribution in [0.2, 0.25) is 0 Å². The van der Waals surface area contributed by atoms with Crippen LogP contribution < -0.4 is 5.32 Å². The number of carbonyl (C=O) groups is 1. The van der Waals surface area contributed by atoms with Crippen molar-refractivity contribution >= 4 is 5.91 Å². The Kier molecular flexibility index (Phi) is 4.59. The molecule has 2 aliphatic rings. The van der Waals surface area contributed by atoms with Gasteiger partial charge in [-0.2, -0.15) is 0 Å². The number of likely N-dealkylation sites (tertiary alicyclic amines) is 1. The molecule has 2 fully saturated rings. The summed E-state index contributed by atoms with van der Waals surface area (Å²) in [6.45, 7) is 3.08. The molecular formula is C13H24N2O3. The molecule has 0 aliphatic carbocycles. The minimum Gasteiger partial charge on any atom is -0.394 e. The van der Waals surface area contributed by atoms with Crippen molar-refractivity contribution in [1.29, 1.82) is 0 Å². The van der Waals surface area contributed by atoms with Gasteiger partial charge in [0.05, 0.1) is 24.7 Å². The zero-order valence-corrected chi connectivity index (χ0v) is 11.2. The van der Waals surface area contributed by atoms with Crippen LogP contribution in [0.1, 0.15) is 25.7 Å². The first-order valence-electron chi connectivity index (χ1n) is 6.85. The van der Waals surface area contributed by atoms with Crippen LogP contribution in [-0.2, 0) is 9.53 Å². The Hall–Kier alpha value is -0.650. The Morgan fingerprint density at radius 3 is 2.83 bits per heavy atom. The Labute approximate surface area is 108 Å². The molecule has 5 heteroatoms. The molecule has 1 atom stereocenters. The highest BCUT2D eigenvalue weighted by atomic mass is 16.5. The zero-order valence-electron chi connectivity index (χ0n) is 11.2. The largest absolute Gasteiger partial charge is 0.394 e. The SMILES string of the molecule is COCC1(C(=O)N2CCC[C@@H]2CO)CCNCC1. The topological polar surface area (TPSA) is 61.8 Å². The van der Waals surface area contributed by atoms with Crippen molar-refractivity contribution < 1.29 is 14.6 Å². The summed E-state index contributed by atoms with van der Waals surface area (Å²) >= 11 is 0. The molecule has 2 heterocycles. The van der Waals surface area contributed by atoms with Crippen molar-refractivity contribution in [3.8, 4) is 0 Å². The number of amides is 1. The van der Waals surface area contributed by atoms with Gasteiger partial charge in [0.1, 0.15) is 0 Å². The molecule has 2 aliphatic heterocycles. The number of aliphatic hydroxyl groups is 1. The lowest BCUT2D eigenvalue weighted by Crippen LogP contribution is -2.53. The van der Waals surface area contributed by atoms with Crippen LogP contribution in [0.15, 0.2) is 0 Å². The van der Waals surface area contributed by atoms with E-state index in [0.29, 0.717) is 6.61 Å². The van der Waals surface area contributed by atoms with Gasteiger partial charge in [-0.1, -0.05) is 0 Å². The Morgan fingerprint density at radius 2 is 2.22 bits per heavy atom. The van der Waals surface area contributed by atoms with Crippen molar-refractivity contribution in [1.82, 2.24) is 10.2 Å². The van der Waals surface area contributed by atoms with Crippen LogP contribution in [0, 0.1) is 5.41 Å². The van der Waals surface area contributed by atoms with E-state index < -0.39 is 0 Å². The van der Waals surface area contributed by atoms with Crippen molar-refractivity contribution in [2.45, 2.75) is 31.7 Å². The highest BCUT2D eigenvalue weighted by molar-refractivity contribution is 5.83. The van der Waals surface area contributed by atoms with Crippen LogP contribution in [0.25, 0.3) is 0 Å². The lowest BCUT2D eigenvalue weighted by Gasteiger charge is -2.40. The number of rotatable bonds is 4. The standard InChI is InChI=1S/C13H24N2O3/c1-18-10-13(4-6-14-7-5-13)12(17)15-8-2-3-11(15)9-16/h11,14,16H,2-10H2,1H3/t11-/m1/s1. The van der Waals surface area contributed by atoms with E-state index in [1.165, 1.54) is 0 Å². The van der Waals surface area contributed by atoms with E-state index in [2.05, 4.69) is 5.32 Å².